The number of imidazole rings is 1. The third-order valence-corrected chi connectivity index (χ3v) is 9.46. The van der Waals surface area contributed by atoms with Crippen LogP contribution < -0.4 is 10.2 Å². The van der Waals surface area contributed by atoms with Crippen molar-refractivity contribution < 1.29 is 18.0 Å². The van der Waals surface area contributed by atoms with E-state index in [0.717, 1.165) is 5.52 Å². The number of fused-ring (bicyclic) bond motifs is 1. The molecular weight excluding hydrogens is 627 g/mol. The number of piperidine rings is 1. The van der Waals surface area contributed by atoms with Crippen LogP contribution in [0.2, 0.25) is 19.4 Å². The van der Waals surface area contributed by atoms with Crippen molar-refractivity contribution in [3.63, 3.8) is 0 Å². The fourth-order valence-electron chi connectivity index (χ4n) is 4.92. The molecule has 1 fully saturated rings. The number of rotatable bonds is 6. The number of benzene rings is 2. The first kappa shape index (κ1) is 29.3. The molecule has 1 unspecified atom stereocenters. The maximum absolute atomic E-state index is 13.4. The average Bonchev–Trinajstić information content (AvgIpc) is 3.47. The zero-order valence-electron chi connectivity index (χ0n) is 21.1. The van der Waals surface area contributed by atoms with E-state index in [0.29, 0.717) is 65.4 Å². The van der Waals surface area contributed by atoms with E-state index in [4.69, 9.17) is 51.4 Å². The van der Waals surface area contributed by atoms with Gasteiger partial charge in [0.25, 0.3) is 5.91 Å². The van der Waals surface area contributed by atoms with E-state index in [9.17, 15) is 18.0 Å². The van der Waals surface area contributed by atoms with Gasteiger partial charge in [-0.05, 0) is 54.3 Å². The van der Waals surface area contributed by atoms with Crippen molar-refractivity contribution in [2.24, 2.45) is 13.0 Å². The molecule has 0 spiro atoms. The monoisotopic (exact) mass is 648 g/mol. The smallest absolute Gasteiger partial charge is 0.370 e. The van der Waals surface area contributed by atoms with E-state index in [-0.39, 0.29) is 31.8 Å². The van der Waals surface area contributed by atoms with E-state index in [2.05, 4.69) is 5.32 Å². The van der Waals surface area contributed by atoms with Crippen molar-refractivity contribution in [3.05, 3.63) is 77.6 Å². The Balaban J connectivity index is 1.39. The third-order valence-electron chi connectivity index (χ3n) is 7.10. The average molecular weight is 650 g/mol. The summed E-state index contributed by atoms with van der Waals surface area (Å²) in [5.41, 5.74) is 3.22. The molecule has 1 aliphatic heterocycles. The Labute approximate surface area is 252 Å². The predicted molar refractivity (Wildman–Crippen MR) is 156 cm³/mol. The van der Waals surface area contributed by atoms with Crippen LogP contribution in [0.4, 0.5) is 18.9 Å². The summed E-state index contributed by atoms with van der Waals surface area (Å²) in [6.45, 7) is 0.553. The number of anilines is 1. The zero-order chi connectivity index (χ0) is 28.8. The highest BCUT2D eigenvalue weighted by atomic mass is 35.5. The van der Waals surface area contributed by atoms with Gasteiger partial charge in [0.2, 0.25) is 0 Å². The van der Waals surface area contributed by atoms with Gasteiger partial charge in [0.15, 0.2) is 0 Å². The Hall–Kier alpha value is -2.17. The minimum atomic E-state index is -4.25. The number of aromatic nitrogens is 2. The number of amides is 1. The highest BCUT2D eigenvalue weighted by Crippen LogP contribution is 2.39. The summed E-state index contributed by atoms with van der Waals surface area (Å²) in [5.74, 6) is -1.00. The highest BCUT2D eigenvalue weighted by Gasteiger charge is 2.42. The number of aryl methyl sites for hydroxylation is 1. The van der Waals surface area contributed by atoms with Crippen LogP contribution in [0.25, 0.3) is 11.0 Å². The van der Waals surface area contributed by atoms with Gasteiger partial charge in [-0.15, -0.1) is 11.3 Å². The summed E-state index contributed by atoms with van der Waals surface area (Å²) in [6, 6.07) is 10.3. The molecule has 212 valence electrons. The minimum Gasteiger partial charge on any atom is -0.370 e. The van der Waals surface area contributed by atoms with Gasteiger partial charge in [0.1, 0.15) is 5.82 Å². The van der Waals surface area contributed by atoms with Crippen molar-refractivity contribution in [3.8, 4) is 0 Å². The van der Waals surface area contributed by atoms with Gasteiger partial charge in [0.05, 0.1) is 41.9 Å². The van der Waals surface area contributed by atoms with Gasteiger partial charge in [-0.25, -0.2) is 4.98 Å². The van der Waals surface area contributed by atoms with Crippen molar-refractivity contribution in [2.75, 3.05) is 18.0 Å². The van der Waals surface area contributed by atoms with E-state index in [1.807, 2.05) is 11.6 Å². The Kier molecular flexibility index (Phi) is 8.51. The van der Waals surface area contributed by atoms with Crippen LogP contribution >= 0.6 is 57.7 Å². The Morgan fingerprint density at radius 1 is 1.12 bits per heavy atom. The Bertz CT molecular complexity index is 1590. The number of hydrogen-bond donors (Lipinski definition) is 1. The quantitative estimate of drug-likeness (QED) is 0.228. The van der Waals surface area contributed by atoms with Crippen LogP contribution in [0.1, 0.15) is 39.5 Å². The van der Waals surface area contributed by atoms with Crippen LogP contribution in [-0.4, -0.2) is 34.7 Å². The lowest BCUT2D eigenvalue weighted by Gasteiger charge is -2.35. The summed E-state index contributed by atoms with van der Waals surface area (Å²) < 4.78 is 42.6. The van der Waals surface area contributed by atoms with E-state index >= 15 is 0 Å². The molecule has 0 radical (unpaired) electrons. The summed E-state index contributed by atoms with van der Waals surface area (Å²) in [4.78, 5) is 19.4. The SMILES string of the molecule is Cn1c(Cc2c(Cl)ccc(CNC(=O)c3ccc(Cl)s3)c2Cl)nc2cc(Cl)c(N3CCCC(C(F)(F)F)C3)cc21. The molecule has 0 saturated carbocycles. The fraction of sp³-hybridized carbons (Fsp3) is 0.333. The van der Waals surface area contributed by atoms with Gasteiger partial charge >= 0.3 is 6.18 Å². The molecule has 5 nitrogen and oxygen atoms in total. The van der Waals surface area contributed by atoms with Gasteiger partial charge in [-0.1, -0.05) is 52.5 Å². The zero-order valence-corrected chi connectivity index (χ0v) is 24.9. The second-order valence-corrected chi connectivity index (χ2v) is 12.6. The molecule has 1 amide bonds. The first-order chi connectivity index (χ1) is 18.9. The summed E-state index contributed by atoms with van der Waals surface area (Å²) >= 11 is 26.9. The maximum atomic E-state index is 13.4. The van der Waals surface area contributed by atoms with Crippen molar-refractivity contribution in [2.45, 2.75) is 32.0 Å². The third kappa shape index (κ3) is 6.04. The van der Waals surface area contributed by atoms with Crippen molar-refractivity contribution in [1.82, 2.24) is 14.9 Å². The van der Waals surface area contributed by atoms with Gasteiger partial charge < -0.3 is 14.8 Å². The van der Waals surface area contributed by atoms with Crippen LogP contribution in [-0.2, 0) is 20.0 Å². The molecule has 13 heteroatoms. The second-order valence-electron chi connectivity index (χ2n) is 9.67. The number of carbonyl (C=O) groups excluding carboxylic acids is 1. The van der Waals surface area contributed by atoms with Crippen LogP contribution in [0.3, 0.4) is 0 Å². The normalized spacial score (nSPS) is 16.1. The number of nitrogens with one attached hydrogen (secondary N) is 1. The van der Waals surface area contributed by atoms with E-state index < -0.39 is 12.1 Å². The number of halogens is 7. The molecule has 2 aromatic heterocycles. The largest absolute Gasteiger partial charge is 0.393 e. The molecule has 3 heterocycles. The predicted octanol–water partition coefficient (Wildman–Crippen LogP) is 8.55. The van der Waals surface area contributed by atoms with Crippen LogP contribution in [0.15, 0.2) is 36.4 Å². The topological polar surface area (TPSA) is 50.2 Å². The molecule has 1 N–H and O–H groups in total. The number of nitrogens with zero attached hydrogens (tertiary/aromatic N) is 3. The molecule has 1 saturated heterocycles. The van der Waals surface area contributed by atoms with Crippen LogP contribution in [0, 0.1) is 5.92 Å². The van der Waals surface area contributed by atoms with Gasteiger partial charge in [-0.3, -0.25) is 4.79 Å². The summed E-state index contributed by atoms with van der Waals surface area (Å²) in [5, 5.41) is 4.05. The first-order valence-electron chi connectivity index (χ1n) is 12.4. The first-order valence-corrected chi connectivity index (χ1v) is 14.7. The Morgan fingerprint density at radius 2 is 1.90 bits per heavy atom. The number of thiophene rings is 1. The summed E-state index contributed by atoms with van der Waals surface area (Å²) in [7, 11) is 1.83. The van der Waals surface area contributed by atoms with Gasteiger partial charge in [-0.2, -0.15) is 13.2 Å². The lowest BCUT2D eigenvalue weighted by atomic mass is 9.97. The molecule has 4 aromatic rings. The molecule has 2 aromatic carbocycles. The minimum absolute atomic E-state index is 0.113. The van der Waals surface area contributed by atoms with E-state index in [1.54, 1.807) is 41.3 Å². The molecule has 5 rings (SSSR count). The molecular formula is C27H23Cl4F3N4OS. The van der Waals surface area contributed by atoms with Gasteiger partial charge in [0, 0.05) is 38.1 Å². The second kappa shape index (κ2) is 11.6. The lowest BCUT2D eigenvalue weighted by molar-refractivity contribution is -0.175. The van der Waals surface area contributed by atoms with Crippen molar-refractivity contribution >= 4 is 80.4 Å². The molecule has 0 aliphatic carbocycles. The fourth-order valence-corrected chi connectivity index (χ4v) is 6.72. The standard InChI is InChI=1S/C27H23Cl4F3N4OS/c1-37-21-11-20(38-8-2-3-15(13-38)27(32,33)34)18(29)10-19(21)36-24(37)9-16-17(28)5-4-14(25(16)31)12-35-26(39)22-6-7-23(30)40-22/h4-7,10-11,15H,2-3,8-9,12-13H2,1H3,(H,35,39). The van der Waals surface area contributed by atoms with E-state index in [1.165, 1.54) is 11.3 Å². The number of hydrogen-bond acceptors (Lipinski definition) is 4. The molecule has 1 aliphatic rings. The molecule has 1 atom stereocenters. The summed E-state index contributed by atoms with van der Waals surface area (Å²) in [6.07, 6.45) is -3.41. The maximum Gasteiger partial charge on any atom is 0.393 e. The molecule has 40 heavy (non-hydrogen) atoms. The van der Waals surface area contributed by atoms with Crippen LogP contribution in [0.5, 0.6) is 0 Å². The van der Waals surface area contributed by atoms with Crippen molar-refractivity contribution in [1.29, 1.82) is 0 Å². The number of alkyl halides is 3. The molecule has 0 bridgehead atoms. The Morgan fingerprint density at radius 3 is 2.60 bits per heavy atom. The number of carbonyl (C=O) groups is 1. The highest BCUT2D eigenvalue weighted by molar-refractivity contribution is 7.18. The lowest BCUT2D eigenvalue weighted by Crippen LogP contribution is -2.41.